The molecule has 1 aliphatic rings. The van der Waals surface area contributed by atoms with Crippen LogP contribution < -0.4 is 21.5 Å². The van der Waals surface area contributed by atoms with E-state index in [9.17, 15) is 9.59 Å². The van der Waals surface area contributed by atoms with E-state index in [2.05, 4.69) is 10.3 Å². The normalized spacial score (nSPS) is 15.7. The second-order valence-electron chi connectivity index (χ2n) is 5.69. The zero-order valence-corrected chi connectivity index (χ0v) is 13.5. The third kappa shape index (κ3) is 4.45. The van der Waals surface area contributed by atoms with Gasteiger partial charge in [0.2, 0.25) is 5.91 Å². The van der Waals surface area contributed by atoms with Gasteiger partial charge in [0.25, 0.3) is 5.91 Å². The molecule has 0 aromatic heterocycles. The second-order valence-corrected chi connectivity index (χ2v) is 5.69. The molecular formula is C16H22N4O4. The highest BCUT2D eigenvalue weighted by Gasteiger charge is 2.24. The van der Waals surface area contributed by atoms with E-state index in [1.165, 1.54) is 19.9 Å². The molecule has 0 aliphatic heterocycles. The fourth-order valence-corrected chi connectivity index (χ4v) is 2.11. The first-order valence-corrected chi connectivity index (χ1v) is 7.66. The summed E-state index contributed by atoms with van der Waals surface area (Å²) in [5.41, 5.74) is 11.8. The number of primary amides is 1. The van der Waals surface area contributed by atoms with E-state index in [1.807, 2.05) is 0 Å². The van der Waals surface area contributed by atoms with Gasteiger partial charge in [-0.05, 0) is 37.0 Å². The summed E-state index contributed by atoms with van der Waals surface area (Å²) in [6, 6.07) is 3.81. The minimum Gasteiger partial charge on any atom is -0.493 e. The first-order chi connectivity index (χ1) is 11.5. The van der Waals surface area contributed by atoms with Crippen molar-refractivity contribution in [3.8, 4) is 5.75 Å². The molecule has 1 atom stereocenters. The number of anilines is 1. The molecule has 0 unspecified atom stereocenters. The summed E-state index contributed by atoms with van der Waals surface area (Å²) in [4.78, 5) is 27.4. The molecule has 8 nitrogen and oxygen atoms in total. The van der Waals surface area contributed by atoms with Gasteiger partial charge in [-0.2, -0.15) is 0 Å². The van der Waals surface area contributed by atoms with Gasteiger partial charge in [0.15, 0.2) is 0 Å². The Labute approximate surface area is 139 Å². The van der Waals surface area contributed by atoms with Gasteiger partial charge in [0.1, 0.15) is 17.5 Å². The lowest BCUT2D eigenvalue weighted by molar-refractivity contribution is -0.125. The van der Waals surface area contributed by atoms with Crippen molar-refractivity contribution >= 4 is 23.2 Å². The standard InChI is InChI=1S/C16H22N4O4/c1-19-14(16(23)20-13(7-21)15(18)22)11-6-10(4-5-12(11)17)24-8-9-2-3-9/h4-6,9,13,21H,2-3,7-8,17H2,1H3,(H2,18,22)(H,20,23)/t13-/m0/s1. The summed E-state index contributed by atoms with van der Waals surface area (Å²) in [5, 5.41) is 11.4. The maximum Gasteiger partial charge on any atom is 0.270 e. The lowest BCUT2D eigenvalue weighted by Crippen LogP contribution is -2.49. The Morgan fingerprint density at radius 1 is 1.46 bits per heavy atom. The van der Waals surface area contributed by atoms with E-state index in [0.29, 0.717) is 29.5 Å². The molecule has 2 rings (SSSR count). The predicted octanol–water partition coefficient (Wildman–Crippen LogP) is -0.561. The maximum atomic E-state index is 12.3. The van der Waals surface area contributed by atoms with E-state index < -0.39 is 24.5 Å². The van der Waals surface area contributed by atoms with E-state index in [1.54, 1.807) is 18.2 Å². The van der Waals surface area contributed by atoms with Crippen molar-refractivity contribution in [1.29, 1.82) is 0 Å². The Kier molecular flexibility index (Phi) is 5.75. The van der Waals surface area contributed by atoms with Crippen LogP contribution in [0.25, 0.3) is 0 Å². The molecule has 0 bridgehead atoms. The summed E-state index contributed by atoms with van der Waals surface area (Å²) < 4.78 is 5.68. The monoisotopic (exact) mass is 334 g/mol. The number of nitrogen functional groups attached to an aromatic ring is 1. The van der Waals surface area contributed by atoms with Gasteiger partial charge in [0, 0.05) is 18.3 Å². The minimum atomic E-state index is -1.19. The summed E-state index contributed by atoms with van der Waals surface area (Å²) in [5.74, 6) is -0.305. The van der Waals surface area contributed by atoms with E-state index >= 15 is 0 Å². The molecule has 2 amide bonds. The Morgan fingerprint density at radius 3 is 2.71 bits per heavy atom. The van der Waals surface area contributed by atoms with Gasteiger partial charge in [-0.25, -0.2) is 0 Å². The van der Waals surface area contributed by atoms with Crippen molar-refractivity contribution in [1.82, 2.24) is 5.32 Å². The van der Waals surface area contributed by atoms with Crippen LogP contribution in [0.15, 0.2) is 23.2 Å². The van der Waals surface area contributed by atoms with Crippen LogP contribution in [0.4, 0.5) is 5.69 Å². The average molecular weight is 334 g/mol. The third-order valence-electron chi connectivity index (χ3n) is 3.73. The lowest BCUT2D eigenvalue weighted by Gasteiger charge is -2.15. The van der Waals surface area contributed by atoms with Crippen LogP contribution in [-0.2, 0) is 9.59 Å². The van der Waals surface area contributed by atoms with Crippen molar-refractivity contribution in [2.75, 3.05) is 26.0 Å². The Hall–Kier alpha value is -2.61. The van der Waals surface area contributed by atoms with Gasteiger partial charge >= 0.3 is 0 Å². The van der Waals surface area contributed by atoms with E-state index in [4.69, 9.17) is 21.3 Å². The highest BCUT2D eigenvalue weighted by molar-refractivity contribution is 6.46. The molecular weight excluding hydrogens is 312 g/mol. The number of carbonyl (C=O) groups excluding carboxylic acids is 2. The smallest absolute Gasteiger partial charge is 0.270 e. The van der Waals surface area contributed by atoms with Crippen molar-refractivity contribution in [2.45, 2.75) is 18.9 Å². The van der Waals surface area contributed by atoms with Crippen LogP contribution >= 0.6 is 0 Å². The quantitative estimate of drug-likeness (QED) is 0.372. The van der Waals surface area contributed by atoms with Crippen LogP contribution in [0.3, 0.4) is 0 Å². The number of ether oxygens (including phenoxy) is 1. The molecule has 24 heavy (non-hydrogen) atoms. The van der Waals surface area contributed by atoms with E-state index in [-0.39, 0.29) is 5.71 Å². The molecule has 0 spiro atoms. The number of rotatable bonds is 8. The fourth-order valence-electron chi connectivity index (χ4n) is 2.11. The molecule has 0 radical (unpaired) electrons. The Morgan fingerprint density at radius 2 is 2.17 bits per heavy atom. The average Bonchev–Trinajstić information content (AvgIpc) is 3.37. The molecule has 1 aliphatic carbocycles. The molecule has 130 valence electrons. The molecule has 6 N–H and O–H groups in total. The number of carbonyl (C=O) groups is 2. The first-order valence-electron chi connectivity index (χ1n) is 7.66. The predicted molar refractivity (Wildman–Crippen MR) is 89.7 cm³/mol. The number of aliphatic hydroxyl groups is 1. The van der Waals surface area contributed by atoms with Gasteiger partial charge in [0.05, 0.1) is 13.2 Å². The molecule has 1 aromatic carbocycles. The minimum absolute atomic E-state index is 0.0315. The third-order valence-corrected chi connectivity index (χ3v) is 3.73. The molecule has 0 saturated heterocycles. The number of aliphatic imine (C=N–C) groups is 1. The van der Waals surface area contributed by atoms with Crippen molar-refractivity contribution in [2.24, 2.45) is 16.6 Å². The van der Waals surface area contributed by atoms with E-state index in [0.717, 1.165) is 0 Å². The number of hydrogen-bond donors (Lipinski definition) is 4. The largest absolute Gasteiger partial charge is 0.493 e. The topological polar surface area (TPSA) is 140 Å². The summed E-state index contributed by atoms with van der Waals surface area (Å²) in [6.07, 6.45) is 2.34. The Balaban J connectivity index is 2.17. The second kappa shape index (κ2) is 7.78. The zero-order chi connectivity index (χ0) is 17.7. The van der Waals surface area contributed by atoms with Crippen LogP contribution in [-0.4, -0.2) is 48.9 Å². The molecule has 8 heteroatoms. The van der Waals surface area contributed by atoms with Gasteiger partial charge in [-0.3, -0.25) is 14.6 Å². The van der Waals surface area contributed by atoms with Crippen LogP contribution in [0.1, 0.15) is 18.4 Å². The number of benzene rings is 1. The number of nitrogens with zero attached hydrogens (tertiary/aromatic N) is 1. The van der Waals surface area contributed by atoms with Crippen molar-refractivity contribution < 1.29 is 19.4 Å². The van der Waals surface area contributed by atoms with Gasteiger partial charge in [-0.15, -0.1) is 0 Å². The molecule has 0 heterocycles. The highest BCUT2D eigenvalue weighted by Crippen LogP contribution is 2.30. The highest BCUT2D eigenvalue weighted by atomic mass is 16.5. The SMILES string of the molecule is CN=C(C(=O)N[C@@H](CO)C(N)=O)c1cc(OCC2CC2)ccc1N. The first kappa shape index (κ1) is 17.7. The molecule has 1 saturated carbocycles. The van der Waals surface area contributed by atoms with Crippen LogP contribution in [0.2, 0.25) is 0 Å². The fraction of sp³-hybridized carbons (Fsp3) is 0.438. The van der Waals surface area contributed by atoms with Crippen LogP contribution in [0, 0.1) is 5.92 Å². The molecule has 1 aromatic rings. The number of hydrogen-bond acceptors (Lipinski definition) is 6. The summed E-state index contributed by atoms with van der Waals surface area (Å²) in [6.45, 7) is 0.0283. The number of aliphatic hydroxyl groups excluding tert-OH is 1. The molecule has 1 fully saturated rings. The van der Waals surface area contributed by atoms with Gasteiger partial charge < -0.3 is 26.6 Å². The van der Waals surface area contributed by atoms with Crippen molar-refractivity contribution in [3.05, 3.63) is 23.8 Å². The zero-order valence-electron chi connectivity index (χ0n) is 13.5. The van der Waals surface area contributed by atoms with Crippen molar-refractivity contribution in [3.63, 3.8) is 0 Å². The maximum absolute atomic E-state index is 12.3. The van der Waals surface area contributed by atoms with Crippen LogP contribution in [0.5, 0.6) is 5.75 Å². The number of nitrogens with two attached hydrogens (primary N) is 2. The van der Waals surface area contributed by atoms with Gasteiger partial charge in [-0.1, -0.05) is 0 Å². The number of amides is 2. The summed E-state index contributed by atoms with van der Waals surface area (Å²) >= 11 is 0. The lowest BCUT2D eigenvalue weighted by atomic mass is 10.1. The Bertz CT molecular complexity index is 655. The number of nitrogens with one attached hydrogen (secondary N) is 1. The summed E-state index contributed by atoms with van der Waals surface area (Å²) in [7, 11) is 1.43.